The van der Waals surface area contributed by atoms with Gasteiger partial charge in [0.2, 0.25) is 0 Å². The molecule has 0 unspecified atom stereocenters. The number of nitrogens with zero attached hydrogens (tertiary/aromatic N) is 1. The lowest BCUT2D eigenvalue weighted by Gasteiger charge is -2.45. The summed E-state index contributed by atoms with van der Waals surface area (Å²) >= 11 is 0. The van der Waals surface area contributed by atoms with Crippen LogP contribution in [0.4, 0.5) is 0 Å². The van der Waals surface area contributed by atoms with Crippen molar-refractivity contribution in [2.75, 3.05) is 13.7 Å². The van der Waals surface area contributed by atoms with Gasteiger partial charge in [-0.1, -0.05) is 19.3 Å². The standard InChI is InChI=1S/C11H19NO2/c1-14-11(13)10-7-8-12(10)9-5-3-2-4-6-9/h9-10H,2-8H2,1H3/t10-/m1/s1. The highest BCUT2D eigenvalue weighted by Gasteiger charge is 2.39. The minimum atomic E-state index is -0.0400. The fourth-order valence-electron chi connectivity index (χ4n) is 2.65. The molecular formula is C11H19NO2. The smallest absolute Gasteiger partial charge is 0.323 e. The molecule has 1 aliphatic heterocycles. The highest BCUT2D eigenvalue weighted by atomic mass is 16.5. The molecule has 0 amide bonds. The summed E-state index contributed by atoms with van der Waals surface area (Å²) in [6.45, 7) is 1.09. The zero-order valence-electron chi connectivity index (χ0n) is 8.87. The molecule has 0 N–H and O–H groups in total. The summed E-state index contributed by atoms with van der Waals surface area (Å²) in [5, 5.41) is 0. The first-order valence-corrected chi connectivity index (χ1v) is 5.66. The minimum absolute atomic E-state index is 0.0400. The molecule has 0 aromatic heterocycles. The van der Waals surface area contributed by atoms with Crippen LogP contribution in [0, 0.1) is 0 Å². The van der Waals surface area contributed by atoms with E-state index in [1.165, 1.54) is 39.2 Å². The number of rotatable bonds is 2. The molecule has 0 radical (unpaired) electrons. The Bertz CT molecular complexity index is 211. The van der Waals surface area contributed by atoms with Gasteiger partial charge in [0.25, 0.3) is 0 Å². The molecule has 0 aromatic carbocycles. The van der Waals surface area contributed by atoms with Gasteiger partial charge in [0, 0.05) is 12.6 Å². The Morgan fingerprint density at radius 1 is 1.21 bits per heavy atom. The SMILES string of the molecule is COC(=O)[C@H]1CCN1C1CCCCC1. The molecule has 14 heavy (non-hydrogen) atoms. The van der Waals surface area contributed by atoms with Crippen LogP contribution in [-0.2, 0) is 9.53 Å². The molecule has 1 atom stereocenters. The van der Waals surface area contributed by atoms with Crippen molar-refractivity contribution in [3.63, 3.8) is 0 Å². The number of likely N-dealkylation sites (tertiary alicyclic amines) is 1. The molecule has 1 aliphatic carbocycles. The van der Waals surface area contributed by atoms with Gasteiger partial charge in [-0.2, -0.15) is 0 Å². The molecular weight excluding hydrogens is 178 g/mol. The van der Waals surface area contributed by atoms with Crippen molar-refractivity contribution in [3.8, 4) is 0 Å². The lowest BCUT2D eigenvalue weighted by Crippen LogP contribution is -2.57. The minimum Gasteiger partial charge on any atom is -0.468 e. The number of ether oxygens (including phenoxy) is 1. The Kier molecular flexibility index (Phi) is 3.06. The second-order valence-corrected chi connectivity index (χ2v) is 4.36. The molecule has 3 nitrogen and oxygen atoms in total. The Morgan fingerprint density at radius 3 is 2.43 bits per heavy atom. The van der Waals surface area contributed by atoms with Gasteiger partial charge in [-0.15, -0.1) is 0 Å². The molecule has 0 spiro atoms. The monoisotopic (exact) mass is 197 g/mol. The van der Waals surface area contributed by atoms with Crippen LogP contribution in [-0.4, -0.2) is 36.6 Å². The van der Waals surface area contributed by atoms with E-state index in [1.807, 2.05) is 0 Å². The third kappa shape index (κ3) is 1.78. The second kappa shape index (κ2) is 4.30. The predicted molar refractivity (Wildman–Crippen MR) is 54.0 cm³/mol. The van der Waals surface area contributed by atoms with E-state index in [0.717, 1.165) is 13.0 Å². The van der Waals surface area contributed by atoms with E-state index < -0.39 is 0 Å². The van der Waals surface area contributed by atoms with Crippen molar-refractivity contribution in [3.05, 3.63) is 0 Å². The zero-order chi connectivity index (χ0) is 9.97. The fraction of sp³-hybridized carbons (Fsp3) is 0.909. The van der Waals surface area contributed by atoms with Crippen molar-refractivity contribution in [1.82, 2.24) is 4.90 Å². The maximum absolute atomic E-state index is 11.4. The molecule has 2 aliphatic rings. The number of hydrogen-bond acceptors (Lipinski definition) is 3. The number of carbonyl (C=O) groups is 1. The number of hydrogen-bond donors (Lipinski definition) is 0. The molecule has 2 fully saturated rings. The van der Waals surface area contributed by atoms with Crippen molar-refractivity contribution in [2.24, 2.45) is 0 Å². The highest BCUT2D eigenvalue weighted by molar-refractivity contribution is 5.76. The summed E-state index contributed by atoms with van der Waals surface area (Å²) in [5.74, 6) is -0.0400. The van der Waals surface area contributed by atoms with Gasteiger partial charge in [-0.05, 0) is 19.3 Å². The first-order valence-electron chi connectivity index (χ1n) is 5.66. The molecule has 1 saturated carbocycles. The summed E-state index contributed by atoms with van der Waals surface area (Å²) in [4.78, 5) is 13.7. The molecule has 80 valence electrons. The number of carbonyl (C=O) groups excluding carboxylic acids is 1. The van der Waals surface area contributed by atoms with E-state index in [9.17, 15) is 4.79 Å². The first kappa shape index (κ1) is 9.97. The van der Waals surface area contributed by atoms with E-state index in [-0.39, 0.29) is 12.0 Å². The molecule has 1 heterocycles. The summed E-state index contributed by atoms with van der Waals surface area (Å²) in [6.07, 6.45) is 7.56. The average Bonchev–Trinajstić information content (AvgIpc) is 2.17. The molecule has 3 heteroatoms. The third-order valence-electron chi connectivity index (χ3n) is 3.58. The van der Waals surface area contributed by atoms with Crippen molar-refractivity contribution in [1.29, 1.82) is 0 Å². The Hall–Kier alpha value is -0.570. The van der Waals surface area contributed by atoms with Crippen LogP contribution < -0.4 is 0 Å². The average molecular weight is 197 g/mol. The summed E-state index contributed by atoms with van der Waals surface area (Å²) < 4.78 is 4.79. The van der Waals surface area contributed by atoms with Crippen LogP contribution in [0.15, 0.2) is 0 Å². The molecule has 0 bridgehead atoms. The Labute approximate surface area is 85.4 Å². The van der Waals surface area contributed by atoms with Crippen LogP contribution >= 0.6 is 0 Å². The predicted octanol–water partition coefficient (Wildman–Crippen LogP) is 1.57. The van der Waals surface area contributed by atoms with E-state index >= 15 is 0 Å². The van der Waals surface area contributed by atoms with Gasteiger partial charge in [0.1, 0.15) is 6.04 Å². The second-order valence-electron chi connectivity index (χ2n) is 4.36. The first-order chi connectivity index (χ1) is 6.83. The largest absolute Gasteiger partial charge is 0.468 e. The van der Waals surface area contributed by atoms with E-state index in [2.05, 4.69) is 4.90 Å². The third-order valence-corrected chi connectivity index (χ3v) is 3.58. The fourth-order valence-corrected chi connectivity index (χ4v) is 2.65. The number of methoxy groups -OCH3 is 1. The van der Waals surface area contributed by atoms with Gasteiger partial charge in [0.15, 0.2) is 0 Å². The van der Waals surface area contributed by atoms with Crippen LogP contribution in [0.3, 0.4) is 0 Å². The van der Waals surface area contributed by atoms with Crippen molar-refractivity contribution in [2.45, 2.75) is 50.6 Å². The normalized spacial score (nSPS) is 29.6. The lowest BCUT2D eigenvalue weighted by atomic mass is 9.89. The number of esters is 1. The summed E-state index contributed by atoms with van der Waals surface area (Å²) in [6, 6.07) is 0.727. The van der Waals surface area contributed by atoms with Gasteiger partial charge in [-0.3, -0.25) is 9.69 Å². The van der Waals surface area contributed by atoms with Gasteiger partial charge >= 0.3 is 5.97 Å². The lowest BCUT2D eigenvalue weighted by molar-refractivity contribution is -0.154. The summed E-state index contributed by atoms with van der Waals surface area (Å²) in [7, 11) is 1.49. The summed E-state index contributed by atoms with van der Waals surface area (Å²) in [5.41, 5.74) is 0. The van der Waals surface area contributed by atoms with Crippen LogP contribution in [0.5, 0.6) is 0 Å². The topological polar surface area (TPSA) is 29.5 Å². The molecule has 0 aromatic rings. The van der Waals surface area contributed by atoms with Crippen LogP contribution in [0.25, 0.3) is 0 Å². The van der Waals surface area contributed by atoms with Gasteiger partial charge < -0.3 is 4.74 Å². The van der Waals surface area contributed by atoms with Crippen LogP contribution in [0.1, 0.15) is 38.5 Å². The van der Waals surface area contributed by atoms with Gasteiger partial charge in [-0.25, -0.2) is 0 Å². The molecule has 2 rings (SSSR count). The van der Waals surface area contributed by atoms with Crippen molar-refractivity contribution < 1.29 is 9.53 Å². The quantitative estimate of drug-likeness (QED) is 0.629. The maximum atomic E-state index is 11.4. The van der Waals surface area contributed by atoms with Gasteiger partial charge in [0.05, 0.1) is 7.11 Å². The zero-order valence-corrected chi connectivity index (χ0v) is 8.87. The van der Waals surface area contributed by atoms with E-state index in [1.54, 1.807) is 0 Å². The molecule has 1 saturated heterocycles. The Balaban J connectivity index is 1.88. The Morgan fingerprint density at radius 2 is 1.93 bits per heavy atom. The van der Waals surface area contributed by atoms with E-state index in [0.29, 0.717) is 6.04 Å². The van der Waals surface area contributed by atoms with Crippen molar-refractivity contribution >= 4 is 5.97 Å². The van der Waals surface area contributed by atoms with Crippen LogP contribution in [0.2, 0.25) is 0 Å². The van der Waals surface area contributed by atoms with E-state index in [4.69, 9.17) is 4.74 Å². The highest BCUT2D eigenvalue weighted by Crippen LogP contribution is 2.30. The maximum Gasteiger partial charge on any atom is 0.323 e.